The molecule has 1 saturated heterocycles. The molecule has 0 spiro atoms. The van der Waals surface area contributed by atoms with Gasteiger partial charge in [-0.15, -0.1) is 0 Å². The van der Waals surface area contributed by atoms with Gasteiger partial charge < -0.3 is 22.1 Å². The van der Waals surface area contributed by atoms with Gasteiger partial charge in [0.2, 0.25) is 11.8 Å². The van der Waals surface area contributed by atoms with Crippen LogP contribution in [0, 0.1) is 0 Å². The lowest BCUT2D eigenvalue weighted by Gasteiger charge is -2.25. The van der Waals surface area contributed by atoms with Crippen LogP contribution >= 0.6 is 0 Å². The highest BCUT2D eigenvalue weighted by atomic mass is 19.4. The Labute approximate surface area is 209 Å². The monoisotopic (exact) mass is 505 g/mol. The second-order valence-corrected chi connectivity index (χ2v) is 9.12. The van der Waals surface area contributed by atoms with Crippen molar-refractivity contribution in [2.75, 3.05) is 25.0 Å². The van der Waals surface area contributed by atoms with Gasteiger partial charge in [0.25, 0.3) is 0 Å². The van der Waals surface area contributed by atoms with Crippen LogP contribution in [0.4, 0.5) is 18.9 Å². The highest BCUT2D eigenvalue weighted by Gasteiger charge is 2.31. The first-order valence-corrected chi connectivity index (χ1v) is 12.2. The summed E-state index contributed by atoms with van der Waals surface area (Å²) >= 11 is 0. The van der Waals surface area contributed by atoms with Crippen molar-refractivity contribution >= 4 is 17.5 Å². The Kier molecular flexibility index (Phi) is 9.86. The van der Waals surface area contributed by atoms with Gasteiger partial charge in [0.15, 0.2) is 0 Å². The molecule has 0 radical (unpaired) electrons. The maximum atomic E-state index is 13.1. The summed E-state index contributed by atoms with van der Waals surface area (Å²) in [6.45, 7) is 2.09. The van der Waals surface area contributed by atoms with Crippen LogP contribution in [0.2, 0.25) is 0 Å². The molecule has 1 aliphatic heterocycles. The number of hydrogen-bond acceptors (Lipinski definition) is 5. The molecule has 1 fully saturated rings. The standard InChI is InChI=1S/C26H34F3N5O2/c27-26(28,29)19-8-4-9-20(16-19)32-25(36)23(12-11-18-6-2-1-3-7-18)33-24(35)22(31)13-15-34-14-5-10-21(34)17-30/h1-4,6-9,16,21-23H,5,10-15,17,30-31H2,(H,32,36)(H,33,35). The summed E-state index contributed by atoms with van der Waals surface area (Å²) in [4.78, 5) is 28.1. The molecule has 10 heteroatoms. The Morgan fingerprint density at radius 2 is 1.81 bits per heavy atom. The predicted octanol–water partition coefficient (Wildman–Crippen LogP) is 2.90. The number of hydrogen-bond donors (Lipinski definition) is 4. The van der Waals surface area contributed by atoms with Crippen molar-refractivity contribution < 1.29 is 22.8 Å². The van der Waals surface area contributed by atoms with Gasteiger partial charge in [-0.2, -0.15) is 13.2 Å². The van der Waals surface area contributed by atoms with Crippen molar-refractivity contribution in [1.29, 1.82) is 0 Å². The van der Waals surface area contributed by atoms with Crippen LogP contribution in [0.1, 0.15) is 36.8 Å². The van der Waals surface area contributed by atoms with E-state index in [2.05, 4.69) is 15.5 Å². The summed E-state index contributed by atoms with van der Waals surface area (Å²) in [6.07, 6.45) is -1.30. The van der Waals surface area contributed by atoms with Crippen LogP contribution in [-0.4, -0.2) is 54.5 Å². The number of amides is 2. The van der Waals surface area contributed by atoms with Crippen molar-refractivity contribution in [1.82, 2.24) is 10.2 Å². The minimum atomic E-state index is -4.54. The third-order valence-electron chi connectivity index (χ3n) is 6.49. The molecule has 0 aromatic heterocycles. The van der Waals surface area contributed by atoms with E-state index in [-0.39, 0.29) is 18.2 Å². The largest absolute Gasteiger partial charge is 0.416 e. The number of carbonyl (C=O) groups excluding carboxylic acids is 2. The van der Waals surface area contributed by atoms with Crippen LogP contribution in [-0.2, 0) is 22.2 Å². The molecule has 2 aromatic rings. The van der Waals surface area contributed by atoms with E-state index in [0.29, 0.717) is 25.9 Å². The number of aryl methyl sites for hydroxylation is 1. The molecule has 7 nitrogen and oxygen atoms in total. The fraction of sp³-hybridized carbons (Fsp3) is 0.462. The first-order valence-electron chi connectivity index (χ1n) is 12.2. The van der Waals surface area contributed by atoms with Crippen molar-refractivity contribution in [3.8, 4) is 0 Å². The fourth-order valence-electron chi connectivity index (χ4n) is 4.40. The van der Waals surface area contributed by atoms with E-state index in [4.69, 9.17) is 11.5 Å². The van der Waals surface area contributed by atoms with E-state index >= 15 is 0 Å². The molecular formula is C26H34F3N5O2. The Bertz CT molecular complexity index is 1000. The number of likely N-dealkylation sites (tertiary alicyclic amines) is 1. The van der Waals surface area contributed by atoms with Crippen molar-refractivity contribution in [2.45, 2.75) is 56.4 Å². The lowest BCUT2D eigenvalue weighted by atomic mass is 10.0. The van der Waals surface area contributed by atoms with Gasteiger partial charge >= 0.3 is 6.18 Å². The number of nitrogens with zero attached hydrogens (tertiary/aromatic N) is 1. The van der Waals surface area contributed by atoms with E-state index in [1.54, 1.807) is 0 Å². The third-order valence-corrected chi connectivity index (χ3v) is 6.49. The molecule has 36 heavy (non-hydrogen) atoms. The van der Waals surface area contributed by atoms with Gasteiger partial charge in [0.1, 0.15) is 6.04 Å². The number of anilines is 1. The summed E-state index contributed by atoms with van der Waals surface area (Å²) in [5.74, 6) is -1.08. The Balaban J connectivity index is 1.65. The van der Waals surface area contributed by atoms with Gasteiger partial charge in [-0.05, 0) is 62.4 Å². The summed E-state index contributed by atoms with van der Waals surface area (Å²) in [7, 11) is 0. The zero-order valence-electron chi connectivity index (χ0n) is 20.1. The average molecular weight is 506 g/mol. The van der Waals surface area contributed by atoms with Crippen LogP contribution < -0.4 is 22.1 Å². The molecule has 0 bridgehead atoms. The van der Waals surface area contributed by atoms with E-state index in [9.17, 15) is 22.8 Å². The SMILES string of the molecule is NCC1CCCN1CCC(N)C(=O)NC(CCc1ccccc1)C(=O)Nc1cccc(C(F)(F)F)c1. The number of rotatable bonds is 11. The molecule has 3 atom stereocenters. The van der Waals surface area contributed by atoms with Crippen molar-refractivity contribution in [2.24, 2.45) is 11.5 Å². The topological polar surface area (TPSA) is 113 Å². The lowest BCUT2D eigenvalue weighted by molar-refractivity contribution is -0.137. The molecular weight excluding hydrogens is 471 g/mol. The van der Waals surface area contributed by atoms with Crippen LogP contribution in [0.25, 0.3) is 0 Å². The van der Waals surface area contributed by atoms with Gasteiger partial charge in [-0.25, -0.2) is 0 Å². The number of alkyl halides is 3. The number of nitrogens with one attached hydrogen (secondary N) is 2. The van der Waals surface area contributed by atoms with Crippen LogP contribution in [0.15, 0.2) is 54.6 Å². The quantitative estimate of drug-likeness (QED) is 0.375. The first-order chi connectivity index (χ1) is 17.2. The van der Waals surface area contributed by atoms with E-state index in [1.807, 2.05) is 30.3 Å². The van der Waals surface area contributed by atoms with Crippen molar-refractivity contribution in [3.05, 3.63) is 65.7 Å². The molecule has 2 aromatic carbocycles. The zero-order chi connectivity index (χ0) is 26.1. The third kappa shape index (κ3) is 8.04. The Hall–Kier alpha value is -2.95. The number of benzene rings is 2. The van der Waals surface area contributed by atoms with Gasteiger partial charge in [0, 0.05) is 24.8 Å². The second-order valence-electron chi connectivity index (χ2n) is 9.12. The van der Waals surface area contributed by atoms with Crippen molar-refractivity contribution in [3.63, 3.8) is 0 Å². The Morgan fingerprint density at radius 1 is 1.06 bits per heavy atom. The summed E-state index contributed by atoms with van der Waals surface area (Å²) in [6, 6.07) is 12.3. The minimum absolute atomic E-state index is 0.0000525. The second kappa shape index (κ2) is 12.8. The maximum absolute atomic E-state index is 13.1. The van der Waals surface area contributed by atoms with Gasteiger partial charge in [-0.3, -0.25) is 14.5 Å². The summed E-state index contributed by atoms with van der Waals surface area (Å²) < 4.78 is 39.2. The summed E-state index contributed by atoms with van der Waals surface area (Å²) in [5.41, 5.74) is 12.0. The summed E-state index contributed by atoms with van der Waals surface area (Å²) in [5, 5.41) is 5.22. The zero-order valence-corrected chi connectivity index (χ0v) is 20.1. The molecule has 6 N–H and O–H groups in total. The molecule has 3 rings (SSSR count). The average Bonchev–Trinajstić information content (AvgIpc) is 3.32. The highest BCUT2D eigenvalue weighted by molar-refractivity contribution is 5.97. The minimum Gasteiger partial charge on any atom is -0.343 e. The molecule has 0 aliphatic carbocycles. The molecule has 2 amide bonds. The number of halogens is 3. The van der Waals surface area contributed by atoms with E-state index < -0.39 is 35.6 Å². The van der Waals surface area contributed by atoms with E-state index in [1.165, 1.54) is 12.1 Å². The fourth-order valence-corrected chi connectivity index (χ4v) is 4.40. The van der Waals surface area contributed by atoms with E-state index in [0.717, 1.165) is 37.1 Å². The number of carbonyl (C=O) groups is 2. The maximum Gasteiger partial charge on any atom is 0.416 e. The Morgan fingerprint density at radius 3 is 2.50 bits per heavy atom. The number of nitrogens with two attached hydrogens (primary N) is 2. The van der Waals surface area contributed by atoms with Crippen LogP contribution in [0.5, 0.6) is 0 Å². The first kappa shape index (κ1) is 27.6. The highest BCUT2D eigenvalue weighted by Crippen LogP contribution is 2.30. The normalized spacial score (nSPS) is 18.0. The molecule has 1 heterocycles. The molecule has 196 valence electrons. The van der Waals surface area contributed by atoms with Gasteiger partial charge in [-0.1, -0.05) is 36.4 Å². The molecule has 3 unspecified atom stereocenters. The van der Waals surface area contributed by atoms with Crippen LogP contribution in [0.3, 0.4) is 0 Å². The predicted molar refractivity (Wildman–Crippen MR) is 133 cm³/mol. The molecule has 0 saturated carbocycles. The molecule has 1 aliphatic rings. The lowest BCUT2D eigenvalue weighted by Crippen LogP contribution is -2.51. The van der Waals surface area contributed by atoms with Gasteiger partial charge in [0.05, 0.1) is 11.6 Å². The smallest absolute Gasteiger partial charge is 0.343 e.